The highest BCUT2D eigenvalue weighted by atomic mass is 16.5. The molecular formula is C9H17N3O. The first-order valence-corrected chi connectivity index (χ1v) is 4.53. The minimum atomic E-state index is -0.348. The van der Waals surface area contributed by atoms with Crippen LogP contribution >= 0.6 is 0 Å². The predicted molar refractivity (Wildman–Crippen MR) is 53.4 cm³/mol. The van der Waals surface area contributed by atoms with Gasteiger partial charge < -0.3 is 16.2 Å². The Morgan fingerprint density at radius 1 is 1.62 bits per heavy atom. The molecule has 13 heavy (non-hydrogen) atoms. The molecular weight excluding hydrogens is 166 g/mol. The minimum absolute atomic E-state index is 0.348. The molecule has 1 heterocycles. The van der Waals surface area contributed by atoms with E-state index in [1.165, 1.54) is 0 Å². The molecule has 0 spiro atoms. The number of nitrogens with zero attached hydrogens (tertiary/aromatic N) is 1. The van der Waals surface area contributed by atoms with Crippen LogP contribution in [0, 0.1) is 0 Å². The Hall–Kier alpha value is -1.03. The second-order valence-corrected chi connectivity index (χ2v) is 3.29. The first-order valence-electron chi connectivity index (χ1n) is 4.53. The summed E-state index contributed by atoms with van der Waals surface area (Å²) in [7, 11) is 0. The van der Waals surface area contributed by atoms with Crippen molar-refractivity contribution in [2.45, 2.75) is 25.9 Å². The number of hydrogen-bond donors (Lipinski definition) is 2. The Morgan fingerprint density at radius 3 is 2.85 bits per heavy atom. The molecule has 1 atom stereocenters. The SMILES string of the molecule is CCC1(C)OC(N)=CC1=NCCN. The molecule has 0 radical (unpaired) electrons. The Labute approximate surface area is 78.7 Å². The van der Waals surface area contributed by atoms with Crippen LogP contribution in [0.4, 0.5) is 0 Å². The highest BCUT2D eigenvalue weighted by Gasteiger charge is 2.35. The second-order valence-electron chi connectivity index (χ2n) is 3.29. The number of nitrogens with two attached hydrogens (primary N) is 2. The predicted octanol–water partition coefficient (Wildman–Crippen LogP) is 0.385. The highest BCUT2D eigenvalue weighted by Crippen LogP contribution is 2.26. The van der Waals surface area contributed by atoms with E-state index in [0.717, 1.165) is 12.1 Å². The van der Waals surface area contributed by atoms with Crippen molar-refractivity contribution < 1.29 is 4.74 Å². The van der Waals surface area contributed by atoms with Gasteiger partial charge in [0.1, 0.15) is 5.60 Å². The molecule has 0 amide bonds. The summed E-state index contributed by atoms with van der Waals surface area (Å²) in [4.78, 5) is 4.33. The van der Waals surface area contributed by atoms with Crippen molar-refractivity contribution in [1.29, 1.82) is 0 Å². The van der Waals surface area contributed by atoms with Gasteiger partial charge in [-0.05, 0) is 13.3 Å². The number of hydrogen-bond acceptors (Lipinski definition) is 4. The van der Waals surface area contributed by atoms with Gasteiger partial charge in [-0.2, -0.15) is 0 Å². The van der Waals surface area contributed by atoms with Crippen molar-refractivity contribution in [1.82, 2.24) is 0 Å². The monoisotopic (exact) mass is 183 g/mol. The van der Waals surface area contributed by atoms with Gasteiger partial charge in [0, 0.05) is 12.6 Å². The van der Waals surface area contributed by atoms with E-state index in [2.05, 4.69) is 4.99 Å². The Balaban J connectivity index is 2.80. The second kappa shape index (κ2) is 3.79. The van der Waals surface area contributed by atoms with Crippen LogP contribution in [0.15, 0.2) is 17.0 Å². The third-order valence-corrected chi connectivity index (χ3v) is 2.25. The molecule has 1 unspecified atom stereocenters. The molecule has 0 fully saturated rings. The maximum absolute atomic E-state index is 5.57. The van der Waals surface area contributed by atoms with Gasteiger partial charge in [0.25, 0.3) is 0 Å². The molecule has 1 aliphatic rings. The van der Waals surface area contributed by atoms with Gasteiger partial charge in [0.2, 0.25) is 0 Å². The fourth-order valence-electron chi connectivity index (χ4n) is 1.28. The van der Waals surface area contributed by atoms with Crippen molar-refractivity contribution >= 4 is 5.71 Å². The van der Waals surface area contributed by atoms with E-state index >= 15 is 0 Å². The summed E-state index contributed by atoms with van der Waals surface area (Å²) in [5.41, 5.74) is 11.5. The molecule has 4 heteroatoms. The number of ether oxygens (including phenoxy) is 1. The smallest absolute Gasteiger partial charge is 0.187 e. The van der Waals surface area contributed by atoms with Crippen LogP contribution in [-0.2, 0) is 4.74 Å². The van der Waals surface area contributed by atoms with Crippen LogP contribution in [0.5, 0.6) is 0 Å². The lowest BCUT2D eigenvalue weighted by atomic mass is 9.98. The Bertz CT molecular complexity index is 247. The van der Waals surface area contributed by atoms with Gasteiger partial charge in [-0.25, -0.2) is 0 Å². The van der Waals surface area contributed by atoms with Crippen LogP contribution in [0.1, 0.15) is 20.3 Å². The lowest BCUT2D eigenvalue weighted by Crippen LogP contribution is -2.32. The molecule has 4 N–H and O–H groups in total. The third kappa shape index (κ3) is 2.01. The molecule has 0 aromatic carbocycles. The van der Waals surface area contributed by atoms with Crippen LogP contribution in [-0.4, -0.2) is 24.4 Å². The summed E-state index contributed by atoms with van der Waals surface area (Å²) < 4.78 is 5.47. The van der Waals surface area contributed by atoms with E-state index < -0.39 is 0 Å². The van der Waals surface area contributed by atoms with Crippen LogP contribution in [0.25, 0.3) is 0 Å². The van der Waals surface area contributed by atoms with Crippen molar-refractivity contribution in [2.24, 2.45) is 16.5 Å². The topological polar surface area (TPSA) is 73.6 Å². The molecule has 0 aliphatic carbocycles. The highest BCUT2D eigenvalue weighted by molar-refractivity contribution is 6.03. The van der Waals surface area contributed by atoms with Gasteiger partial charge in [-0.15, -0.1) is 0 Å². The van der Waals surface area contributed by atoms with Crippen molar-refractivity contribution in [3.05, 3.63) is 12.0 Å². The fourth-order valence-corrected chi connectivity index (χ4v) is 1.28. The quantitative estimate of drug-likeness (QED) is 0.664. The van der Waals surface area contributed by atoms with Crippen LogP contribution < -0.4 is 11.5 Å². The van der Waals surface area contributed by atoms with E-state index in [-0.39, 0.29) is 5.60 Å². The number of aliphatic imine (C=N–C) groups is 1. The Kier molecular flexibility index (Phi) is 2.93. The molecule has 0 aromatic rings. The van der Waals surface area contributed by atoms with Crippen LogP contribution in [0.3, 0.4) is 0 Å². The summed E-state index contributed by atoms with van der Waals surface area (Å²) in [6, 6.07) is 0. The van der Waals surface area contributed by atoms with Crippen molar-refractivity contribution in [3.8, 4) is 0 Å². The lowest BCUT2D eigenvalue weighted by Gasteiger charge is -2.23. The van der Waals surface area contributed by atoms with E-state index in [1.54, 1.807) is 6.08 Å². The molecule has 0 aromatic heterocycles. The van der Waals surface area contributed by atoms with Crippen molar-refractivity contribution in [3.63, 3.8) is 0 Å². The van der Waals surface area contributed by atoms with Gasteiger partial charge >= 0.3 is 0 Å². The van der Waals surface area contributed by atoms with E-state index in [0.29, 0.717) is 19.0 Å². The van der Waals surface area contributed by atoms with E-state index in [9.17, 15) is 0 Å². The maximum Gasteiger partial charge on any atom is 0.187 e. The van der Waals surface area contributed by atoms with E-state index in [1.807, 2.05) is 13.8 Å². The first kappa shape index (κ1) is 10.1. The Morgan fingerprint density at radius 2 is 2.31 bits per heavy atom. The van der Waals surface area contributed by atoms with Crippen LogP contribution in [0.2, 0.25) is 0 Å². The molecule has 0 bridgehead atoms. The largest absolute Gasteiger partial charge is 0.467 e. The molecule has 74 valence electrons. The van der Waals surface area contributed by atoms with Gasteiger partial charge in [0.05, 0.1) is 12.3 Å². The maximum atomic E-state index is 5.57. The molecule has 4 nitrogen and oxygen atoms in total. The lowest BCUT2D eigenvalue weighted by molar-refractivity contribution is 0.0870. The zero-order valence-electron chi connectivity index (χ0n) is 8.21. The summed E-state index contributed by atoms with van der Waals surface area (Å²) in [6.07, 6.45) is 2.63. The molecule has 0 saturated heterocycles. The third-order valence-electron chi connectivity index (χ3n) is 2.25. The molecule has 0 saturated carbocycles. The standard InChI is InChI=1S/C9H17N3O/c1-3-9(2)7(12-5-4-10)6-8(11)13-9/h6H,3-5,10-11H2,1-2H3. The minimum Gasteiger partial charge on any atom is -0.467 e. The zero-order chi connectivity index (χ0) is 9.90. The summed E-state index contributed by atoms with van der Waals surface area (Å²) in [6.45, 7) is 5.21. The van der Waals surface area contributed by atoms with Gasteiger partial charge in [-0.1, -0.05) is 6.92 Å². The van der Waals surface area contributed by atoms with E-state index in [4.69, 9.17) is 16.2 Å². The molecule has 1 rings (SSSR count). The summed E-state index contributed by atoms with van der Waals surface area (Å²) in [5.74, 6) is 0.445. The normalized spacial score (nSPS) is 30.4. The average Bonchev–Trinajstić information content (AvgIpc) is 2.39. The fraction of sp³-hybridized carbons (Fsp3) is 0.667. The van der Waals surface area contributed by atoms with Gasteiger partial charge in [-0.3, -0.25) is 4.99 Å². The average molecular weight is 183 g/mol. The summed E-state index contributed by atoms with van der Waals surface area (Å²) >= 11 is 0. The zero-order valence-corrected chi connectivity index (χ0v) is 8.21. The summed E-state index contributed by atoms with van der Waals surface area (Å²) in [5, 5.41) is 0. The molecule has 1 aliphatic heterocycles. The van der Waals surface area contributed by atoms with Crippen molar-refractivity contribution in [2.75, 3.05) is 13.1 Å². The van der Waals surface area contributed by atoms with Gasteiger partial charge in [0.15, 0.2) is 5.88 Å². The first-order chi connectivity index (χ1) is 6.12. The number of rotatable bonds is 3.